The van der Waals surface area contributed by atoms with Crippen LogP contribution in [0.2, 0.25) is 0 Å². The van der Waals surface area contributed by atoms with Gasteiger partial charge in [0.25, 0.3) is 5.91 Å². The van der Waals surface area contributed by atoms with Gasteiger partial charge in [-0.25, -0.2) is 9.97 Å². The van der Waals surface area contributed by atoms with Crippen LogP contribution in [0.1, 0.15) is 28.5 Å². The van der Waals surface area contributed by atoms with Crippen molar-refractivity contribution in [3.63, 3.8) is 0 Å². The van der Waals surface area contributed by atoms with Crippen molar-refractivity contribution in [3.8, 4) is 6.07 Å². The minimum atomic E-state index is -0.320. The molecule has 1 amide bonds. The SMILES string of the molecule is CCN(Cc1ccccc1)c1cc(C(=O)Nc2ccc(C#N)cc2)ncn1. The lowest BCUT2D eigenvalue weighted by molar-refractivity contribution is 0.102. The van der Waals surface area contributed by atoms with Crippen LogP contribution in [0.25, 0.3) is 0 Å². The normalized spacial score (nSPS) is 10.1. The van der Waals surface area contributed by atoms with E-state index in [-0.39, 0.29) is 11.6 Å². The Morgan fingerprint density at radius 1 is 1.11 bits per heavy atom. The van der Waals surface area contributed by atoms with Crippen LogP contribution in [0.5, 0.6) is 0 Å². The van der Waals surface area contributed by atoms with Gasteiger partial charge in [-0.15, -0.1) is 0 Å². The average Bonchev–Trinajstić information content (AvgIpc) is 2.73. The van der Waals surface area contributed by atoms with E-state index in [1.54, 1.807) is 30.3 Å². The summed E-state index contributed by atoms with van der Waals surface area (Å²) in [6.45, 7) is 3.50. The fraction of sp³-hybridized carbons (Fsp3) is 0.143. The first kappa shape index (κ1) is 18.1. The Morgan fingerprint density at radius 3 is 2.52 bits per heavy atom. The molecule has 3 aromatic rings. The van der Waals surface area contributed by atoms with Gasteiger partial charge in [-0.1, -0.05) is 30.3 Å². The molecule has 0 spiro atoms. The van der Waals surface area contributed by atoms with Crippen molar-refractivity contribution in [2.45, 2.75) is 13.5 Å². The van der Waals surface area contributed by atoms with E-state index in [2.05, 4.69) is 32.3 Å². The molecule has 6 nitrogen and oxygen atoms in total. The average molecular weight is 357 g/mol. The van der Waals surface area contributed by atoms with Crippen molar-refractivity contribution in [3.05, 3.63) is 83.8 Å². The molecular weight excluding hydrogens is 338 g/mol. The van der Waals surface area contributed by atoms with E-state index in [9.17, 15) is 4.79 Å². The monoisotopic (exact) mass is 357 g/mol. The van der Waals surface area contributed by atoms with Crippen LogP contribution in [0.15, 0.2) is 67.0 Å². The summed E-state index contributed by atoms with van der Waals surface area (Å²) in [6, 6.07) is 20.5. The highest BCUT2D eigenvalue weighted by Gasteiger charge is 2.13. The molecular formula is C21H19N5O. The summed E-state index contributed by atoms with van der Waals surface area (Å²) in [5.41, 5.74) is 2.60. The van der Waals surface area contributed by atoms with E-state index < -0.39 is 0 Å². The summed E-state index contributed by atoms with van der Waals surface area (Å²) in [5.74, 6) is 0.375. The molecule has 6 heteroatoms. The lowest BCUT2D eigenvalue weighted by Crippen LogP contribution is -2.24. The third kappa shape index (κ3) is 4.67. The molecule has 0 fully saturated rings. The van der Waals surface area contributed by atoms with Crippen LogP contribution in [0.4, 0.5) is 11.5 Å². The summed E-state index contributed by atoms with van der Waals surface area (Å²) in [6.07, 6.45) is 1.40. The smallest absolute Gasteiger partial charge is 0.274 e. The summed E-state index contributed by atoms with van der Waals surface area (Å²) < 4.78 is 0. The van der Waals surface area contributed by atoms with Crippen LogP contribution < -0.4 is 10.2 Å². The molecule has 1 aromatic heterocycles. The Bertz CT molecular complexity index is 948. The largest absolute Gasteiger partial charge is 0.352 e. The van der Waals surface area contributed by atoms with Crippen molar-refractivity contribution in [2.24, 2.45) is 0 Å². The van der Waals surface area contributed by atoms with Gasteiger partial charge in [-0.3, -0.25) is 4.79 Å². The number of rotatable bonds is 6. The Kier molecular flexibility index (Phi) is 5.75. The molecule has 0 unspecified atom stereocenters. The molecule has 0 aliphatic heterocycles. The maximum atomic E-state index is 12.5. The number of amides is 1. The number of nitriles is 1. The summed E-state index contributed by atoms with van der Waals surface area (Å²) >= 11 is 0. The van der Waals surface area contributed by atoms with Crippen molar-refractivity contribution in [2.75, 3.05) is 16.8 Å². The maximum Gasteiger partial charge on any atom is 0.274 e. The van der Waals surface area contributed by atoms with Gasteiger partial charge in [0.15, 0.2) is 0 Å². The molecule has 0 radical (unpaired) electrons. The van der Waals surface area contributed by atoms with E-state index in [0.717, 1.165) is 6.54 Å². The van der Waals surface area contributed by atoms with Gasteiger partial charge in [0.05, 0.1) is 11.6 Å². The number of nitrogens with one attached hydrogen (secondary N) is 1. The molecule has 0 aliphatic rings. The summed E-state index contributed by atoms with van der Waals surface area (Å²) in [5, 5.41) is 11.6. The number of carbonyl (C=O) groups is 1. The molecule has 2 aromatic carbocycles. The van der Waals surface area contributed by atoms with Gasteiger partial charge in [0.2, 0.25) is 0 Å². The van der Waals surface area contributed by atoms with E-state index in [0.29, 0.717) is 23.6 Å². The van der Waals surface area contributed by atoms with Gasteiger partial charge in [0.1, 0.15) is 17.8 Å². The van der Waals surface area contributed by atoms with E-state index in [1.807, 2.05) is 31.2 Å². The second-order valence-electron chi connectivity index (χ2n) is 5.90. The Morgan fingerprint density at radius 2 is 1.85 bits per heavy atom. The van der Waals surface area contributed by atoms with Crippen molar-refractivity contribution < 1.29 is 4.79 Å². The second kappa shape index (κ2) is 8.59. The third-order valence-corrected chi connectivity index (χ3v) is 4.08. The first-order valence-electron chi connectivity index (χ1n) is 8.62. The first-order valence-corrected chi connectivity index (χ1v) is 8.62. The Labute approximate surface area is 158 Å². The second-order valence-corrected chi connectivity index (χ2v) is 5.90. The fourth-order valence-electron chi connectivity index (χ4n) is 2.63. The lowest BCUT2D eigenvalue weighted by atomic mass is 10.2. The number of hydrogen-bond donors (Lipinski definition) is 1. The minimum absolute atomic E-state index is 0.288. The zero-order valence-corrected chi connectivity index (χ0v) is 15.0. The van der Waals surface area contributed by atoms with Crippen LogP contribution in [-0.2, 0) is 6.54 Å². The quantitative estimate of drug-likeness (QED) is 0.728. The summed E-state index contributed by atoms with van der Waals surface area (Å²) in [7, 11) is 0. The first-order chi connectivity index (χ1) is 13.2. The predicted octanol–water partition coefficient (Wildman–Crippen LogP) is 3.63. The molecule has 0 saturated heterocycles. The fourth-order valence-corrected chi connectivity index (χ4v) is 2.63. The van der Waals surface area contributed by atoms with Gasteiger partial charge >= 0.3 is 0 Å². The molecule has 134 valence electrons. The Hall–Kier alpha value is -3.72. The molecule has 0 atom stereocenters. The topological polar surface area (TPSA) is 81.9 Å². The highest BCUT2D eigenvalue weighted by atomic mass is 16.1. The van der Waals surface area contributed by atoms with Crippen LogP contribution >= 0.6 is 0 Å². The highest BCUT2D eigenvalue weighted by molar-refractivity contribution is 6.03. The zero-order chi connectivity index (χ0) is 19.1. The van der Waals surface area contributed by atoms with E-state index >= 15 is 0 Å². The predicted molar refractivity (Wildman–Crippen MR) is 104 cm³/mol. The minimum Gasteiger partial charge on any atom is -0.352 e. The van der Waals surface area contributed by atoms with E-state index in [1.165, 1.54) is 11.9 Å². The standard InChI is InChI=1S/C21H19N5O/c1-2-26(14-17-6-4-3-5-7-17)20-12-19(23-15-24-20)21(27)25-18-10-8-16(13-22)9-11-18/h3-12,15H,2,14H2,1H3,(H,25,27). The summed E-state index contributed by atoms with van der Waals surface area (Å²) in [4.78, 5) is 23.0. The van der Waals surface area contributed by atoms with Crippen LogP contribution in [0.3, 0.4) is 0 Å². The van der Waals surface area contributed by atoms with Crippen molar-refractivity contribution in [1.29, 1.82) is 5.26 Å². The zero-order valence-electron chi connectivity index (χ0n) is 15.0. The van der Waals surface area contributed by atoms with Crippen molar-refractivity contribution in [1.82, 2.24) is 9.97 Å². The number of nitrogens with zero attached hydrogens (tertiary/aromatic N) is 4. The number of anilines is 2. The van der Waals surface area contributed by atoms with Crippen LogP contribution in [0, 0.1) is 11.3 Å². The molecule has 0 aliphatic carbocycles. The van der Waals surface area contributed by atoms with E-state index in [4.69, 9.17) is 5.26 Å². The van der Waals surface area contributed by atoms with Gasteiger partial charge in [-0.05, 0) is 36.8 Å². The lowest BCUT2D eigenvalue weighted by Gasteiger charge is -2.22. The maximum absolute atomic E-state index is 12.5. The third-order valence-electron chi connectivity index (χ3n) is 4.08. The van der Waals surface area contributed by atoms with Crippen LogP contribution in [-0.4, -0.2) is 22.4 Å². The number of aromatic nitrogens is 2. The number of carbonyl (C=O) groups excluding carboxylic acids is 1. The molecule has 1 N–H and O–H groups in total. The van der Waals surface area contributed by atoms with Gasteiger partial charge in [-0.2, -0.15) is 5.26 Å². The molecule has 1 heterocycles. The highest BCUT2D eigenvalue weighted by Crippen LogP contribution is 2.16. The van der Waals surface area contributed by atoms with Gasteiger partial charge in [0, 0.05) is 24.8 Å². The Balaban J connectivity index is 1.75. The van der Waals surface area contributed by atoms with Gasteiger partial charge < -0.3 is 10.2 Å². The molecule has 27 heavy (non-hydrogen) atoms. The molecule has 0 saturated carbocycles. The number of benzene rings is 2. The molecule has 3 rings (SSSR count). The van der Waals surface area contributed by atoms with Crippen molar-refractivity contribution >= 4 is 17.4 Å². The molecule has 0 bridgehead atoms. The number of hydrogen-bond acceptors (Lipinski definition) is 5.